The minimum absolute atomic E-state index is 0.0355. The highest BCUT2D eigenvalue weighted by molar-refractivity contribution is 7.92. The van der Waals surface area contributed by atoms with Crippen LogP contribution in [-0.4, -0.2) is 39.9 Å². The highest BCUT2D eigenvalue weighted by atomic mass is 35.5. The summed E-state index contributed by atoms with van der Waals surface area (Å²) in [5.74, 6) is 0.0123. The molecule has 1 saturated heterocycles. The van der Waals surface area contributed by atoms with E-state index in [9.17, 15) is 16.8 Å². The van der Waals surface area contributed by atoms with Crippen LogP contribution in [0.25, 0.3) is 0 Å². The van der Waals surface area contributed by atoms with E-state index in [1.165, 1.54) is 6.20 Å². The van der Waals surface area contributed by atoms with Gasteiger partial charge in [0.1, 0.15) is 0 Å². The molecule has 0 amide bonds. The minimum atomic E-state index is -3.64. The lowest BCUT2D eigenvalue weighted by molar-refractivity contribution is 0.544. The molecule has 0 aliphatic carbocycles. The van der Waals surface area contributed by atoms with E-state index < -0.39 is 19.9 Å². The van der Waals surface area contributed by atoms with Crippen molar-refractivity contribution in [1.82, 2.24) is 9.71 Å². The second-order valence-corrected chi connectivity index (χ2v) is 9.89. The Labute approximate surface area is 114 Å². The number of thiazole rings is 1. The Kier molecular flexibility index (Phi) is 3.98. The third-order valence-corrected chi connectivity index (χ3v) is 7.45. The lowest BCUT2D eigenvalue weighted by Crippen LogP contribution is -2.29. The van der Waals surface area contributed by atoms with Gasteiger partial charge in [-0.05, 0) is 12.3 Å². The largest absolute Gasteiger partial charge is 0.251 e. The molecule has 0 saturated carbocycles. The van der Waals surface area contributed by atoms with Crippen LogP contribution >= 0.6 is 22.9 Å². The van der Waals surface area contributed by atoms with Crippen molar-refractivity contribution in [2.45, 2.75) is 10.6 Å². The first-order valence-corrected chi connectivity index (χ1v) is 9.60. The van der Waals surface area contributed by atoms with E-state index in [1.54, 1.807) is 0 Å². The number of aromatic nitrogens is 1. The molecule has 10 heteroatoms. The summed E-state index contributed by atoms with van der Waals surface area (Å²) in [6, 6.07) is 0. The van der Waals surface area contributed by atoms with Crippen LogP contribution in [0, 0.1) is 5.92 Å². The predicted octanol–water partition coefficient (Wildman–Crippen LogP) is 0.510. The number of halogens is 1. The average Bonchev–Trinajstić information content (AvgIpc) is 2.82. The first-order valence-electron chi connectivity index (χ1n) is 5.10. The maximum Gasteiger partial charge on any atom is 0.251 e. The maximum absolute atomic E-state index is 11.8. The van der Waals surface area contributed by atoms with Crippen LogP contribution in [0.1, 0.15) is 6.42 Å². The molecule has 0 aromatic carbocycles. The third-order valence-electron chi connectivity index (χ3n) is 2.61. The Balaban J connectivity index is 1.98. The van der Waals surface area contributed by atoms with Crippen LogP contribution in [0.4, 0.5) is 0 Å². The fourth-order valence-corrected chi connectivity index (χ4v) is 6.01. The zero-order chi connectivity index (χ0) is 13.4. The van der Waals surface area contributed by atoms with Gasteiger partial charge in [-0.2, -0.15) is 0 Å². The number of sulfone groups is 1. The molecule has 0 spiro atoms. The summed E-state index contributed by atoms with van der Waals surface area (Å²) in [6.45, 7) is 0.122. The summed E-state index contributed by atoms with van der Waals surface area (Å²) in [5.41, 5.74) is 0. The number of sulfonamides is 1. The van der Waals surface area contributed by atoms with Gasteiger partial charge in [-0.25, -0.2) is 26.5 Å². The van der Waals surface area contributed by atoms with Crippen molar-refractivity contribution in [2.24, 2.45) is 5.92 Å². The summed E-state index contributed by atoms with van der Waals surface area (Å²) >= 11 is 6.43. The molecular weight excluding hydrogens is 320 g/mol. The van der Waals surface area contributed by atoms with Gasteiger partial charge in [-0.3, -0.25) is 0 Å². The Morgan fingerprint density at radius 1 is 1.56 bits per heavy atom. The van der Waals surface area contributed by atoms with E-state index in [0.717, 1.165) is 11.3 Å². The molecule has 1 aliphatic heterocycles. The van der Waals surface area contributed by atoms with Crippen LogP contribution in [-0.2, 0) is 19.9 Å². The molecule has 6 nitrogen and oxygen atoms in total. The molecule has 18 heavy (non-hydrogen) atoms. The van der Waals surface area contributed by atoms with Crippen LogP contribution < -0.4 is 4.72 Å². The van der Waals surface area contributed by atoms with E-state index >= 15 is 0 Å². The summed E-state index contributed by atoms with van der Waals surface area (Å²) in [4.78, 5) is 3.65. The van der Waals surface area contributed by atoms with E-state index in [4.69, 9.17) is 11.6 Å². The standard InChI is InChI=1S/C8H11ClN2O4S3/c9-8-10-4-7(16-8)18(14,15)11-3-6-1-2-17(12,13)5-6/h4,6,11H,1-3,5H2. The van der Waals surface area contributed by atoms with Gasteiger partial charge in [-0.1, -0.05) is 22.9 Å². The van der Waals surface area contributed by atoms with E-state index in [-0.39, 0.29) is 32.6 Å². The molecule has 0 bridgehead atoms. The monoisotopic (exact) mass is 330 g/mol. The Hall–Kier alpha value is -0.220. The Morgan fingerprint density at radius 3 is 2.78 bits per heavy atom. The topological polar surface area (TPSA) is 93.2 Å². The Morgan fingerprint density at radius 2 is 2.28 bits per heavy atom. The lowest BCUT2D eigenvalue weighted by Gasteiger charge is -2.08. The third kappa shape index (κ3) is 3.41. The molecule has 1 aromatic rings. The van der Waals surface area contributed by atoms with Crippen molar-refractivity contribution in [3.05, 3.63) is 10.7 Å². The van der Waals surface area contributed by atoms with Crippen molar-refractivity contribution < 1.29 is 16.8 Å². The highest BCUT2D eigenvalue weighted by Gasteiger charge is 2.29. The number of nitrogens with zero attached hydrogens (tertiary/aromatic N) is 1. The van der Waals surface area contributed by atoms with Crippen molar-refractivity contribution >= 4 is 42.8 Å². The van der Waals surface area contributed by atoms with E-state index in [0.29, 0.717) is 6.42 Å². The molecule has 1 aliphatic rings. The predicted molar refractivity (Wildman–Crippen MR) is 69.1 cm³/mol. The molecular formula is C8H11ClN2O4S3. The molecule has 2 heterocycles. The van der Waals surface area contributed by atoms with Gasteiger partial charge < -0.3 is 0 Å². The van der Waals surface area contributed by atoms with Crippen molar-refractivity contribution in [3.8, 4) is 0 Å². The molecule has 1 N–H and O–H groups in total. The second kappa shape index (κ2) is 5.04. The fourth-order valence-electron chi connectivity index (χ4n) is 1.70. The van der Waals surface area contributed by atoms with Crippen LogP contribution in [0.2, 0.25) is 4.47 Å². The first kappa shape index (κ1) is 14.2. The van der Waals surface area contributed by atoms with Gasteiger partial charge in [-0.15, -0.1) is 0 Å². The molecule has 1 fully saturated rings. The molecule has 1 atom stereocenters. The number of hydrogen-bond donors (Lipinski definition) is 1. The first-order chi connectivity index (χ1) is 8.28. The molecule has 102 valence electrons. The zero-order valence-corrected chi connectivity index (χ0v) is 12.4. The van der Waals surface area contributed by atoms with Crippen LogP contribution in [0.5, 0.6) is 0 Å². The summed E-state index contributed by atoms with van der Waals surface area (Å²) < 4.78 is 48.7. The number of rotatable bonds is 4. The maximum atomic E-state index is 11.8. The van der Waals surface area contributed by atoms with Gasteiger partial charge >= 0.3 is 0 Å². The average molecular weight is 331 g/mol. The SMILES string of the molecule is O=S1(=O)CCC(CNS(=O)(=O)c2cnc(Cl)s2)C1. The van der Waals surface area contributed by atoms with Gasteiger partial charge in [0.2, 0.25) is 0 Å². The van der Waals surface area contributed by atoms with Gasteiger partial charge in [0.25, 0.3) is 10.0 Å². The normalized spacial score (nSPS) is 23.3. The lowest BCUT2D eigenvalue weighted by atomic mass is 10.1. The van der Waals surface area contributed by atoms with E-state index in [2.05, 4.69) is 9.71 Å². The van der Waals surface area contributed by atoms with Crippen molar-refractivity contribution in [2.75, 3.05) is 18.1 Å². The zero-order valence-electron chi connectivity index (χ0n) is 9.17. The fraction of sp³-hybridized carbons (Fsp3) is 0.625. The number of hydrogen-bond acceptors (Lipinski definition) is 6. The smallest absolute Gasteiger partial charge is 0.232 e. The number of nitrogens with one attached hydrogen (secondary N) is 1. The van der Waals surface area contributed by atoms with Crippen molar-refractivity contribution in [1.29, 1.82) is 0 Å². The molecule has 0 radical (unpaired) electrons. The van der Waals surface area contributed by atoms with Crippen LogP contribution in [0.15, 0.2) is 10.4 Å². The van der Waals surface area contributed by atoms with Gasteiger partial charge in [0.15, 0.2) is 18.5 Å². The Bertz CT molecular complexity index is 637. The molecule has 1 unspecified atom stereocenters. The summed E-state index contributed by atoms with van der Waals surface area (Å²) in [5, 5.41) is 0. The molecule has 2 rings (SSSR count). The second-order valence-electron chi connectivity index (χ2n) is 4.05. The van der Waals surface area contributed by atoms with Gasteiger partial charge in [0.05, 0.1) is 17.7 Å². The summed E-state index contributed by atoms with van der Waals surface area (Å²) in [7, 11) is -6.63. The molecule has 1 aromatic heterocycles. The highest BCUT2D eigenvalue weighted by Crippen LogP contribution is 2.23. The summed E-state index contributed by atoms with van der Waals surface area (Å²) in [6.07, 6.45) is 1.68. The van der Waals surface area contributed by atoms with Gasteiger partial charge in [0, 0.05) is 6.54 Å². The van der Waals surface area contributed by atoms with Crippen molar-refractivity contribution in [3.63, 3.8) is 0 Å². The van der Waals surface area contributed by atoms with E-state index in [1.807, 2.05) is 0 Å². The van der Waals surface area contributed by atoms with Crippen LogP contribution in [0.3, 0.4) is 0 Å². The quantitative estimate of drug-likeness (QED) is 0.868. The minimum Gasteiger partial charge on any atom is -0.232 e.